The van der Waals surface area contributed by atoms with E-state index in [2.05, 4.69) is 0 Å². The lowest BCUT2D eigenvalue weighted by molar-refractivity contribution is -0.184. The summed E-state index contributed by atoms with van der Waals surface area (Å²) >= 11 is 0. The van der Waals surface area contributed by atoms with Crippen molar-refractivity contribution < 1.29 is 23.1 Å². The fourth-order valence-corrected chi connectivity index (χ4v) is 1.81. The van der Waals surface area contributed by atoms with Crippen LogP contribution in [0.1, 0.15) is 6.42 Å². The van der Waals surface area contributed by atoms with Crippen molar-refractivity contribution >= 4 is 5.91 Å². The molecule has 0 aromatic rings. The number of likely N-dealkylation sites (tertiary alicyclic amines) is 1. The number of hydrogen-bond acceptors (Lipinski definition) is 3. The largest absolute Gasteiger partial charge is 0.471 e. The van der Waals surface area contributed by atoms with Gasteiger partial charge in [-0.1, -0.05) is 0 Å². The maximum Gasteiger partial charge on any atom is 0.471 e. The van der Waals surface area contributed by atoms with Crippen LogP contribution in [-0.2, 0) is 4.79 Å². The molecule has 1 atom stereocenters. The third-order valence-electron chi connectivity index (χ3n) is 2.77. The number of aliphatic hydroxyl groups is 1. The van der Waals surface area contributed by atoms with E-state index < -0.39 is 12.1 Å². The Balaban J connectivity index is 2.49. The van der Waals surface area contributed by atoms with Gasteiger partial charge >= 0.3 is 12.1 Å². The maximum atomic E-state index is 12.1. The molecule has 0 radical (unpaired) electrons. The van der Waals surface area contributed by atoms with Crippen molar-refractivity contribution in [1.29, 1.82) is 0 Å². The van der Waals surface area contributed by atoms with E-state index in [4.69, 9.17) is 5.11 Å². The molecule has 1 saturated heterocycles. The molecule has 0 saturated carbocycles. The van der Waals surface area contributed by atoms with Gasteiger partial charge in [0.05, 0.1) is 6.61 Å². The van der Waals surface area contributed by atoms with Crippen LogP contribution in [0.15, 0.2) is 0 Å². The molecule has 1 heterocycles. The predicted molar refractivity (Wildman–Crippen MR) is 50.8 cm³/mol. The molecule has 0 aromatic heterocycles. The van der Waals surface area contributed by atoms with Gasteiger partial charge in [0.1, 0.15) is 0 Å². The van der Waals surface area contributed by atoms with Gasteiger partial charge in [-0.3, -0.25) is 9.69 Å². The van der Waals surface area contributed by atoms with Crippen molar-refractivity contribution in [3.05, 3.63) is 0 Å². The van der Waals surface area contributed by atoms with Crippen molar-refractivity contribution in [1.82, 2.24) is 9.80 Å². The fraction of sp³-hybridized carbons (Fsp3) is 0.889. The summed E-state index contributed by atoms with van der Waals surface area (Å²) in [5, 5.41) is 8.70. The number of likely N-dealkylation sites (N-methyl/N-ethyl adjacent to an activating group) is 1. The standard InChI is InChI=1S/C9H15F3N2O2/c1-13(4-5-15)7-2-3-14(6-7)8(16)9(10,11)12/h7,15H,2-6H2,1H3. The summed E-state index contributed by atoms with van der Waals surface area (Å²) in [6.45, 7) is 0.562. The van der Waals surface area contributed by atoms with Crippen molar-refractivity contribution in [3.8, 4) is 0 Å². The van der Waals surface area contributed by atoms with E-state index in [9.17, 15) is 18.0 Å². The monoisotopic (exact) mass is 240 g/mol. The van der Waals surface area contributed by atoms with Crippen LogP contribution in [0.4, 0.5) is 13.2 Å². The van der Waals surface area contributed by atoms with Gasteiger partial charge in [-0.25, -0.2) is 0 Å². The third kappa shape index (κ3) is 3.08. The average Bonchev–Trinajstić information content (AvgIpc) is 2.64. The van der Waals surface area contributed by atoms with E-state index in [0.29, 0.717) is 13.0 Å². The summed E-state index contributed by atoms with van der Waals surface area (Å²) in [5.41, 5.74) is 0. The summed E-state index contributed by atoms with van der Waals surface area (Å²) in [7, 11) is 1.72. The Hall–Kier alpha value is -0.820. The summed E-state index contributed by atoms with van der Waals surface area (Å²) in [5.74, 6) is -1.77. The molecule has 16 heavy (non-hydrogen) atoms. The molecule has 1 aliphatic rings. The summed E-state index contributed by atoms with van der Waals surface area (Å²) in [4.78, 5) is 13.5. The molecule has 1 fully saturated rings. The molecule has 1 N–H and O–H groups in total. The highest BCUT2D eigenvalue weighted by Gasteiger charge is 2.44. The number of alkyl halides is 3. The van der Waals surface area contributed by atoms with Crippen LogP contribution in [0.5, 0.6) is 0 Å². The Morgan fingerprint density at radius 2 is 2.19 bits per heavy atom. The number of carbonyl (C=O) groups is 1. The van der Waals surface area contributed by atoms with Gasteiger partial charge in [0.25, 0.3) is 0 Å². The number of carbonyl (C=O) groups excluding carboxylic acids is 1. The Bertz CT molecular complexity index is 258. The normalized spacial score (nSPS) is 21.9. The van der Waals surface area contributed by atoms with Crippen LogP contribution in [0.2, 0.25) is 0 Å². The van der Waals surface area contributed by atoms with Crippen LogP contribution >= 0.6 is 0 Å². The number of hydrogen-bond donors (Lipinski definition) is 1. The van der Waals surface area contributed by atoms with E-state index in [-0.39, 0.29) is 25.7 Å². The first-order valence-electron chi connectivity index (χ1n) is 5.03. The Kier molecular flexibility index (Phi) is 4.15. The highest BCUT2D eigenvalue weighted by atomic mass is 19.4. The molecule has 4 nitrogen and oxygen atoms in total. The highest BCUT2D eigenvalue weighted by molar-refractivity contribution is 5.82. The first-order valence-corrected chi connectivity index (χ1v) is 5.03. The first kappa shape index (κ1) is 13.2. The van der Waals surface area contributed by atoms with Crippen molar-refractivity contribution in [2.75, 3.05) is 33.3 Å². The minimum atomic E-state index is -4.79. The SMILES string of the molecule is CN(CCO)C1CCN(C(=O)C(F)(F)F)C1. The topological polar surface area (TPSA) is 43.8 Å². The van der Waals surface area contributed by atoms with Crippen LogP contribution in [0.25, 0.3) is 0 Å². The summed E-state index contributed by atoms with van der Waals surface area (Å²) in [6.07, 6.45) is -4.28. The van der Waals surface area contributed by atoms with Crippen LogP contribution in [0, 0.1) is 0 Å². The zero-order valence-corrected chi connectivity index (χ0v) is 9.00. The minimum absolute atomic E-state index is 0.0415. The molecule has 0 bridgehead atoms. The molecule has 94 valence electrons. The zero-order chi connectivity index (χ0) is 12.3. The average molecular weight is 240 g/mol. The summed E-state index contributed by atoms with van der Waals surface area (Å²) < 4.78 is 36.4. The van der Waals surface area contributed by atoms with Crippen molar-refractivity contribution in [2.45, 2.75) is 18.6 Å². The zero-order valence-electron chi connectivity index (χ0n) is 9.00. The van der Waals surface area contributed by atoms with E-state index >= 15 is 0 Å². The molecular weight excluding hydrogens is 225 g/mol. The lowest BCUT2D eigenvalue weighted by Crippen LogP contribution is -2.42. The van der Waals surface area contributed by atoms with E-state index in [1.54, 1.807) is 11.9 Å². The molecular formula is C9H15F3N2O2. The van der Waals surface area contributed by atoms with Gasteiger partial charge in [0, 0.05) is 25.7 Å². The van der Waals surface area contributed by atoms with Crippen LogP contribution in [0.3, 0.4) is 0 Å². The Morgan fingerprint density at radius 1 is 1.56 bits per heavy atom. The molecule has 1 amide bonds. The van der Waals surface area contributed by atoms with Gasteiger partial charge in [-0.2, -0.15) is 13.2 Å². The molecule has 1 unspecified atom stereocenters. The number of halogens is 3. The molecule has 0 aromatic carbocycles. The molecule has 1 aliphatic heterocycles. The second kappa shape index (κ2) is 5.01. The second-order valence-electron chi connectivity index (χ2n) is 3.90. The van der Waals surface area contributed by atoms with Gasteiger partial charge < -0.3 is 10.0 Å². The lowest BCUT2D eigenvalue weighted by Gasteiger charge is -2.24. The molecule has 0 spiro atoms. The van der Waals surface area contributed by atoms with Crippen molar-refractivity contribution in [2.24, 2.45) is 0 Å². The molecule has 7 heteroatoms. The third-order valence-corrected chi connectivity index (χ3v) is 2.77. The minimum Gasteiger partial charge on any atom is -0.395 e. The smallest absolute Gasteiger partial charge is 0.395 e. The van der Waals surface area contributed by atoms with E-state index in [0.717, 1.165) is 4.90 Å². The van der Waals surface area contributed by atoms with Gasteiger partial charge in [-0.05, 0) is 13.5 Å². The second-order valence-corrected chi connectivity index (χ2v) is 3.90. The highest BCUT2D eigenvalue weighted by Crippen LogP contribution is 2.23. The number of aliphatic hydroxyl groups excluding tert-OH is 1. The molecule has 1 rings (SSSR count). The van der Waals surface area contributed by atoms with E-state index in [1.807, 2.05) is 0 Å². The quantitative estimate of drug-likeness (QED) is 0.759. The number of amides is 1. The Morgan fingerprint density at radius 3 is 2.69 bits per heavy atom. The van der Waals surface area contributed by atoms with Crippen LogP contribution < -0.4 is 0 Å². The van der Waals surface area contributed by atoms with Gasteiger partial charge in [-0.15, -0.1) is 0 Å². The molecule has 0 aliphatic carbocycles. The van der Waals surface area contributed by atoms with E-state index in [1.165, 1.54) is 0 Å². The van der Waals surface area contributed by atoms with Crippen molar-refractivity contribution in [3.63, 3.8) is 0 Å². The maximum absolute atomic E-state index is 12.1. The van der Waals surface area contributed by atoms with Crippen LogP contribution in [-0.4, -0.2) is 66.3 Å². The number of rotatable bonds is 3. The van der Waals surface area contributed by atoms with Gasteiger partial charge in [0.2, 0.25) is 0 Å². The lowest BCUT2D eigenvalue weighted by atomic mass is 10.2. The fourth-order valence-electron chi connectivity index (χ4n) is 1.81. The first-order chi connectivity index (χ1) is 7.36. The predicted octanol–water partition coefficient (Wildman–Crippen LogP) is 0.0737. The Labute approximate surface area is 91.6 Å². The summed E-state index contributed by atoms with van der Waals surface area (Å²) in [6, 6.07) is -0.0987. The number of nitrogens with zero attached hydrogens (tertiary/aromatic N) is 2. The van der Waals surface area contributed by atoms with Gasteiger partial charge in [0.15, 0.2) is 0 Å².